The number of rotatable bonds is 5. The van der Waals surface area contributed by atoms with E-state index < -0.39 is 17.6 Å². The molecule has 2 N–H and O–H groups in total. The number of aryl methyl sites for hydroxylation is 2. The number of hydrogen-bond donors (Lipinski definition) is 2. The molecule has 0 aliphatic heterocycles. The Labute approximate surface area is 144 Å². The van der Waals surface area contributed by atoms with Gasteiger partial charge in [0, 0.05) is 6.07 Å². The summed E-state index contributed by atoms with van der Waals surface area (Å²) in [6.45, 7) is 3.56. The average molecular weight is 346 g/mol. The Morgan fingerprint density at radius 2 is 1.68 bits per heavy atom. The molecule has 6 nitrogen and oxygen atoms in total. The molecule has 0 radical (unpaired) electrons. The summed E-state index contributed by atoms with van der Waals surface area (Å²) in [5, 5.41) is 0. The summed E-state index contributed by atoms with van der Waals surface area (Å²) in [4.78, 5) is 23.6. The van der Waals surface area contributed by atoms with Crippen molar-refractivity contribution in [2.24, 2.45) is 0 Å². The molecule has 0 atom stereocenters. The number of carbonyl (C=O) groups excluding carboxylic acids is 2. The highest BCUT2D eigenvalue weighted by Gasteiger charge is 2.13. The summed E-state index contributed by atoms with van der Waals surface area (Å²) in [5.41, 5.74) is 6.13. The molecule has 25 heavy (non-hydrogen) atoms. The van der Waals surface area contributed by atoms with Gasteiger partial charge in [0.1, 0.15) is 17.3 Å². The number of methoxy groups -OCH3 is 1. The lowest BCUT2D eigenvalue weighted by Gasteiger charge is -2.10. The first-order valence-corrected chi connectivity index (χ1v) is 7.53. The second-order valence-corrected chi connectivity index (χ2v) is 5.46. The summed E-state index contributed by atoms with van der Waals surface area (Å²) >= 11 is 0. The maximum absolute atomic E-state index is 13.8. The van der Waals surface area contributed by atoms with Crippen LogP contribution in [0, 0.1) is 19.7 Å². The highest BCUT2D eigenvalue weighted by Crippen LogP contribution is 2.16. The van der Waals surface area contributed by atoms with E-state index >= 15 is 0 Å². The largest absolute Gasteiger partial charge is 0.497 e. The zero-order valence-corrected chi connectivity index (χ0v) is 14.2. The van der Waals surface area contributed by atoms with Crippen molar-refractivity contribution in [2.45, 2.75) is 13.8 Å². The SMILES string of the molecule is COc1ccc(C(=O)NNC(=O)COc2cc(C)cc(C)c2)c(F)c1. The molecule has 0 saturated heterocycles. The fourth-order valence-electron chi connectivity index (χ4n) is 2.20. The third-order valence-electron chi connectivity index (χ3n) is 3.30. The van der Waals surface area contributed by atoms with Crippen LogP contribution in [0.1, 0.15) is 21.5 Å². The summed E-state index contributed by atoms with van der Waals surface area (Å²) in [5.74, 6) is -1.25. The van der Waals surface area contributed by atoms with Gasteiger partial charge in [-0.15, -0.1) is 0 Å². The number of nitrogens with one attached hydrogen (secondary N) is 2. The van der Waals surface area contributed by atoms with Gasteiger partial charge in [-0.25, -0.2) is 4.39 Å². The van der Waals surface area contributed by atoms with E-state index in [9.17, 15) is 14.0 Å². The Hall–Kier alpha value is -3.09. The Bertz CT molecular complexity index is 772. The van der Waals surface area contributed by atoms with Gasteiger partial charge in [0.15, 0.2) is 6.61 Å². The molecule has 7 heteroatoms. The molecule has 0 fully saturated rings. The van der Waals surface area contributed by atoms with Gasteiger partial charge in [-0.1, -0.05) is 6.07 Å². The number of benzene rings is 2. The van der Waals surface area contributed by atoms with Gasteiger partial charge < -0.3 is 9.47 Å². The van der Waals surface area contributed by atoms with Crippen molar-refractivity contribution >= 4 is 11.8 Å². The molecule has 0 unspecified atom stereocenters. The van der Waals surface area contributed by atoms with E-state index in [1.807, 2.05) is 19.9 Å². The van der Waals surface area contributed by atoms with Crippen molar-refractivity contribution in [3.63, 3.8) is 0 Å². The summed E-state index contributed by atoms with van der Waals surface area (Å²) < 4.78 is 24.0. The maximum Gasteiger partial charge on any atom is 0.276 e. The molecule has 132 valence electrons. The first-order chi connectivity index (χ1) is 11.9. The normalized spacial score (nSPS) is 10.1. The third kappa shape index (κ3) is 5.20. The molecule has 0 aromatic heterocycles. The Morgan fingerprint density at radius 1 is 1.00 bits per heavy atom. The number of amides is 2. The molecular weight excluding hydrogens is 327 g/mol. The molecule has 2 aromatic carbocycles. The molecule has 0 bridgehead atoms. The Balaban J connectivity index is 1.86. The van der Waals surface area contributed by atoms with Crippen LogP contribution in [0.4, 0.5) is 4.39 Å². The third-order valence-corrected chi connectivity index (χ3v) is 3.30. The van der Waals surface area contributed by atoms with Gasteiger partial charge in [-0.05, 0) is 49.2 Å². The molecule has 0 aliphatic rings. The number of carbonyl (C=O) groups is 2. The van der Waals surface area contributed by atoms with E-state index in [2.05, 4.69) is 10.9 Å². The molecular formula is C18H19FN2O4. The van der Waals surface area contributed by atoms with Gasteiger partial charge in [0.25, 0.3) is 11.8 Å². The quantitative estimate of drug-likeness (QED) is 0.815. The van der Waals surface area contributed by atoms with Crippen molar-refractivity contribution in [3.05, 3.63) is 58.9 Å². The highest BCUT2D eigenvalue weighted by atomic mass is 19.1. The van der Waals surface area contributed by atoms with Crippen LogP contribution in [-0.4, -0.2) is 25.5 Å². The minimum absolute atomic E-state index is 0.212. The summed E-state index contributed by atoms with van der Waals surface area (Å²) in [6.07, 6.45) is 0. The summed E-state index contributed by atoms with van der Waals surface area (Å²) in [7, 11) is 1.39. The monoisotopic (exact) mass is 346 g/mol. The van der Waals surface area contributed by atoms with Gasteiger partial charge in [-0.2, -0.15) is 0 Å². The second kappa shape index (κ2) is 8.14. The lowest BCUT2D eigenvalue weighted by molar-refractivity contribution is -0.123. The summed E-state index contributed by atoms with van der Waals surface area (Å²) in [6, 6.07) is 9.37. The van der Waals surface area contributed by atoms with E-state index in [1.54, 1.807) is 12.1 Å². The number of ether oxygens (including phenoxy) is 2. The predicted octanol–water partition coefficient (Wildman–Crippen LogP) is 2.29. The smallest absolute Gasteiger partial charge is 0.276 e. The van der Waals surface area contributed by atoms with E-state index in [0.29, 0.717) is 11.5 Å². The Kier molecular flexibility index (Phi) is 5.94. The number of hydrazine groups is 1. The van der Waals surface area contributed by atoms with Crippen LogP contribution in [0.2, 0.25) is 0 Å². The molecule has 0 heterocycles. The van der Waals surface area contributed by atoms with Gasteiger partial charge in [-0.3, -0.25) is 20.4 Å². The van der Waals surface area contributed by atoms with Crippen molar-refractivity contribution in [1.82, 2.24) is 10.9 Å². The standard InChI is InChI=1S/C18H19FN2O4/c1-11-6-12(2)8-14(7-11)25-10-17(22)20-21-18(23)15-5-4-13(24-3)9-16(15)19/h4-9H,10H2,1-3H3,(H,20,22)(H,21,23). The molecule has 0 spiro atoms. The van der Waals surface area contributed by atoms with E-state index in [-0.39, 0.29) is 12.2 Å². The van der Waals surface area contributed by atoms with Crippen LogP contribution >= 0.6 is 0 Å². The maximum atomic E-state index is 13.8. The van der Waals surface area contributed by atoms with Crippen LogP contribution in [0.15, 0.2) is 36.4 Å². The average Bonchev–Trinajstić information content (AvgIpc) is 2.56. The second-order valence-electron chi connectivity index (χ2n) is 5.46. The first kappa shape index (κ1) is 18.3. The predicted molar refractivity (Wildman–Crippen MR) is 90.0 cm³/mol. The van der Waals surface area contributed by atoms with Gasteiger partial charge >= 0.3 is 0 Å². The van der Waals surface area contributed by atoms with Crippen LogP contribution in [-0.2, 0) is 4.79 Å². The minimum Gasteiger partial charge on any atom is -0.497 e. The van der Waals surface area contributed by atoms with Crippen molar-refractivity contribution in [3.8, 4) is 11.5 Å². The van der Waals surface area contributed by atoms with E-state index in [1.165, 1.54) is 19.2 Å². The zero-order chi connectivity index (χ0) is 18.4. The molecule has 0 aliphatic carbocycles. The van der Waals surface area contributed by atoms with Crippen LogP contribution in [0.3, 0.4) is 0 Å². The van der Waals surface area contributed by atoms with Gasteiger partial charge in [0.05, 0.1) is 12.7 Å². The van der Waals surface area contributed by atoms with Crippen LogP contribution in [0.5, 0.6) is 11.5 Å². The fourth-order valence-corrected chi connectivity index (χ4v) is 2.20. The van der Waals surface area contributed by atoms with Crippen molar-refractivity contribution in [1.29, 1.82) is 0 Å². The van der Waals surface area contributed by atoms with Crippen LogP contribution in [0.25, 0.3) is 0 Å². The molecule has 2 amide bonds. The van der Waals surface area contributed by atoms with E-state index in [4.69, 9.17) is 9.47 Å². The lowest BCUT2D eigenvalue weighted by Crippen LogP contribution is -2.44. The topological polar surface area (TPSA) is 76.7 Å². The minimum atomic E-state index is -0.778. The fraction of sp³-hybridized carbons (Fsp3) is 0.222. The van der Waals surface area contributed by atoms with E-state index in [0.717, 1.165) is 17.2 Å². The molecule has 0 saturated carbocycles. The number of hydrogen-bond acceptors (Lipinski definition) is 4. The Morgan fingerprint density at radius 3 is 2.28 bits per heavy atom. The molecule has 2 rings (SSSR count). The highest BCUT2D eigenvalue weighted by molar-refractivity contribution is 5.95. The van der Waals surface area contributed by atoms with Crippen LogP contribution < -0.4 is 20.3 Å². The zero-order valence-electron chi connectivity index (χ0n) is 14.2. The lowest BCUT2D eigenvalue weighted by atomic mass is 10.1. The molecule has 2 aromatic rings. The van der Waals surface area contributed by atoms with Gasteiger partial charge in [0.2, 0.25) is 0 Å². The van der Waals surface area contributed by atoms with Crippen molar-refractivity contribution in [2.75, 3.05) is 13.7 Å². The first-order valence-electron chi connectivity index (χ1n) is 7.53. The van der Waals surface area contributed by atoms with Crippen molar-refractivity contribution < 1.29 is 23.5 Å². The number of halogens is 1.